The van der Waals surface area contributed by atoms with E-state index in [0.29, 0.717) is 53.6 Å². The summed E-state index contributed by atoms with van der Waals surface area (Å²) < 4.78 is 8.86. The van der Waals surface area contributed by atoms with Crippen LogP contribution in [0.25, 0.3) is 21.8 Å². The van der Waals surface area contributed by atoms with Gasteiger partial charge in [0.15, 0.2) is 5.65 Å². The minimum Gasteiger partial charge on any atom is -0.493 e. The van der Waals surface area contributed by atoms with Gasteiger partial charge in [-0.25, -0.2) is 9.67 Å². The molecule has 5 rings (SSSR count). The molecule has 3 aromatic carbocycles. The monoisotopic (exact) mass is 501 g/mol. The fourth-order valence-electron chi connectivity index (χ4n) is 4.23. The van der Waals surface area contributed by atoms with E-state index in [-0.39, 0.29) is 11.5 Å². The van der Waals surface area contributed by atoms with E-state index < -0.39 is 0 Å². The molecule has 8 nitrogen and oxygen atoms in total. The van der Waals surface area contributed by atoms with E-state index in [2.05, 4.69) is 15.4 Å². The van der Waals surface area contributed by atoms with Crippen LogP contribution in [0, 0.1) is 0 Å². The maximum absolute atomic E-state index is 13.1. The third kappa shape index (κ3) is 4.67. The predicted molar refractivity (Wildman–Crippen MR) is 140 cm³/mol. The number of rotatable bonds is 8. The Hall–Kier alpha value is -4.17. The zero-order valence-corrected chi connectivity index (χ0v) is 20.4. The third-order valence-electron chi connectivity index (χ3n) is 5.89. The Kier molecular flexibility index (Phi) is 6.69. The Balaban J connectivity index is 1.32. The average Bonchev–Trinajstić information content (AvgIpc) is 3.29. The van der Waals surface area contributed by atoms with Crippen LogP contribution in [-0.4, -0.2) is 38.4 Å². The van der Waals surface area contributed by atoms with Gasteiger partial charge in [-0.2, -0.15) is 5.10 Å². The van der Waals surface area contributed by atoms with Crippen molar-refractivity contribution in [2.75, 3.05) is 13.2 Å². The molecule has 0 atom stereocenters. The van der Waals surface area contributed by atoms with Gasteiger partial charge in [-0.05, 0) is 41.5 Å². The van der Waals surface area contributed by atoms with Crippen molar-refractivity contribution in [3.8, 4) is 5.75 Å². The molecule has 2 aromatic heterocycles. The number of fused-ring (bicyclic) bond motifs is 2. The lowest BCUT2D eigenvalue weighted by molar-refractivity contribution is 0.0950. The molecular formula is C27H24ClN5O3. The van der Waals surface area contributed by atoms with E-state index in [1.165, 1.54) is 17.1 Å². The number of ether oxygens (including phenoxy) is 1. The zero-order chi connectivity index (χ0) is 25.1. The smallest absolute Gasteiger partial charge is 0.264 e. The SMILES string of the molecule is CCOc1ccc2ccccc2c1C(=O)NCCn1ncc2c(=O)n(Cc3cccc(Cl)c3)cnc21. The molecule has 0 saturated heterocycles. The number of halogens is 1. The molecular weight excluding hydrogens is 478 g/mol. The van der Waals surface area contributed by atoms with Crippen LogP contribution in [0.2, 0.25) is 5.02 Å². The quantitative estimate of drug-likeness (QED) is 0.343. The van der Waals surface area contributed by atoms with Gasteiger partial charge in [0.1, 0.15) is 17.5 Å². The maximum atomic E-state index is 13.1. The summed E-state index contributed by atoms with van der Waals surface area (Å²) in [6.07, 6.45) is 3.02. The molecule has 36 heavy (non-hydrogen) atoms. The summed E-state index contributed by atoms with van der Waals surface area (Å²) in [5.74, 6) is 0.309. The Bertz CT molecular complexity index is 1630. The highest BCUT2D eigenvalue weighted by Gasteiger charge is 2.17. The molecule has 9 heteroatoms. The lowest BCUT2D eigenvalue weighted by atomic mass is 10.0. The number of amides is 1. The summed E-state index contributed by atoms with van der Waals surface area (Å²) in [4.78, 5) is 30.6. The molecule has 0 bridgehead atoms. The van der Waals surface area contributed by atoms with Crippen LogP contribution in [0.15, 0.2) is 78.0 Å². The van der Waals surface area contributed by atoms with Gasteiger partial charge in [-0.3, -0.25) is 14.2 Å². The number of aromatic nitrogens is 4. The van der Waals surface area contributed by atoms with E-state index in [1.807, 2.05) is 61.5 Å². The van der Waals surface area contributed by atoms with Crippen molar-refractivity contribution < 1.29 is 9.53 Å². The largest absolute Gasteiger partial charge is 0.493 e. The van der Waals surface area contributed by atoms with Crippen molar-refractivity contribution in [1.82, 2.24) is 24.6 Å². The second-order valence-electron chi connectivity index (χ2n) is 8.26. The van der Waals surface area contributed by atoms with E-state index in [0.717, 1.165) is 16.3 Å². The van der Waals surface area contributed by atoms with Gasteiger partial charge in [-0.1, -0.05) is 54.1 Å². The summed E-state index contributed by atoms with van der Waals surface area (Å²) in [7, 11) is 0. The van der Waals surface area contributed by atoms with Crippen molar-refractivity contribution in [2.24, 2.45) is 0 Å². The minimum atomic E-state index is -0.233. The van der Waals surface area contributed by atoms with E-state index in [9.17, 15) is 9.59 Å². The first kappa shape index (κ1) is 23.6. The lowest BCUT2D eigenvalue weighted by Gasteiger charge is -2.13. The van der Waals surface area contributed by atoms with E-state index >= 15 is 0 Å². The van der Waals surface area contributed by atoms with Crippen LogP contribution < -0.4 is 15.6 Å². The summed E-state index contributed by atoms with van der Waals surface area (Å²) >= 11 is 6.06. The van der Waals surface area contributed by atoms with Crippen molar-refractivity contribution >= 4 is 39.3 Å². The van der Waals surface area contributed by atoms with E-state index in [4.69, 9.17) is 16.3 Å². The molecule has 0 saturated carbocycles. The van der Waals surface area contributed by atoms with Crippen molar-refractivity contribution in [3.05, 3.63) is 99.7 Å². The second kappa shape index (κ2) is 10.2. The Morgan fingerprint density at radius 2 is 1.94 bits per heavy atom. The van der Waals surface area contributed by atoms with Gasteiger partial charge in [0.05, 0.1) is 31.5 Å². The Morgan fingerprint density at radius 3 is 2.78 bits per heavy atom. The average molecular weight is 502 g/mol. The summed E-state index contributed by atoms with van der Waals surface area (Å²) in [5.41, 5.74) is 1.69. The number of carbonyl (C=O) groups is 1. The molecule has 0 radical (unpaired) electrons. The van der Waals surface area contributed by atoms with Gasteiger partial charge in [0.25, 0.3) is 11.5 Å². The number of hydrogen-bond donors (Lipinski definition) is 1. The first-order chi connectivity index (χ1) is 17.5. The predicted octanol–water partition coefficient (Wildman–Crippen LogP) is 4.28. The highest BCUT2D eigenvalue weighted by atomic mass is 35.5. The first-order valence-corrected chi connectivity index (χ1v) is 12.0. The Morgan fingerprint density at radius 1 is 1.08 bits per heavy atom. The number of nitrogens with zero attached hydrogens (tertiary/aromatic N) is 4. The van der Waals surface area contributed by atoms with Crippen LogP contribution in [-0.2, 0) is 13.1 Å². The van der Waals surface area contributed by atoms with Crippen molar-refractivity contribution in [2.45, 2.75) is 20.0 Å². The molecule has 0 aliphatic heterocycles. The number of hydrogen-bond acceptors (Lipinski definition) is 5. The first-order valence-electron chi connectivity index (χ1n) is 11.6. The van der Waals surface area contributed by atoms with Crippen LogP contribution in [0.1, 0.15) is 22.8 Å². The molecule has 1 N–H and O–H groups in total. The topological polar surface area (TPSA) is 91.0 Å². The second-order valence-corrected chi connectivity index (χ2v) is 8.70. The van der Waals surface area contributed by atoms with Gasteiger partial charge in [-0.15, -0.1) is 0 Å². The van der Waals surface area contributed by atoms with Crippen LogP contribution >= 0.6 is 11.6 Å². The third-order valence-corrected chi connectivity index (χ3v) is 6.13. The highest BCUT2D eigenvalue weighted by molar-refractivity contribution is 6.30. The van der Waals surface area contributed by atoms with Gasteiger partial charge < -0.3 is 10.1 Å². The van der Waals surface area contributed by atoms with Gasteiger partial charge >= 0.3 is 0 Å². The molecule has 0 unspecified atom stereocenters. The van der Waals surface area contributed by atoms with Gasteiger partial charge in [0.2, 0.25) is 0 Å². The van der Waals surface area contributed by atoms with E-state index in [1.54, 1.807) is 10.7 Å². The molecule has 2 heterocycles. The molecule has 0 aliphatic carbocycles. The lowest BCUT2D eigenvalue weighted by Crippen LogP contribution is -2.28. The highest BCUT2D eigenvalue weighted by Crippen LogP contribution is 2.28. The summed E-state index contributed by atoms with van der Waals surface area (Å²) in [6, 6.07) is 18.8. The fraction of sp³-hybridized carbons (Fsp3) is 0.185. The van der Waals surface area contributed by atoms with Crippen LogP contribution in [0.4, 0.5) is 0 Å². The molecule has 0 aliphatic rings. The maximum Gasteiger partial charge on any atom is 0.264 e. The number of carbonyl (C=O) groups excluding carboxylic acids is 1. The normalized spacial score (nSPS) is 11.2. The van der Waals surface area contributed by atoms with Crippen LogP contribution in [0.3, 0.4) is 0 Å². The van der Waals surface area contributed by atoms with Crippen molar-refractivity contribution in [1.29, 1.82) is 0 Å². The number of benzene rings is 3. The Labute approximate surface area is 212 Å². The molecule has 182 valence electrons. The zero-order valence-electron chi connectivity index (χ0n) is 19.6. The van der Waals surface area contributed by atoms with Crippen molar-refractivity contribution in [3.63, 3.8) is 0 Å². The van der Waals surface area contributed by atoms with Crippen LogP contribution in [0.5, 0.6) is 5.75 Å². The number of nitrogens with one attached hydrogen (secondary N) is 1. The molecule has 1 amide bonds. The molecule has 0 spiro atoms. The molecule has 0 fully saturated rings. The fourth-order valence-corrected chi connectivity index (χ4v) is 4.44. The summed E-state index contributed by atoms with van der Waals surface area (Å²) in [5, 5.41) is 10.1. The molecule has 5 aromatic rings. The standard InChI is InChI=1S/C27H24ClN5O3/c1-2-36-23-11-10-19-7-3-4-9-21(19)24(23)26(34)29-12-13-33-25-22(15-31-33)27(35)32(17-30-25)16-18-6-5-8-20(28)14-18/h3-11,14-15,17H,2,12-13,16H2,1H3,(H,29,34). The van der Waals surface area contributed by atoms with Gasteiger partial charge in [0, 0.05) is 11.6 Å². The summed E-state index contributed by atoms with van der Waals surface area (Å²) in [6.45, 7) is 3.36. The minimum absolute atomic E-state index is 0.188.